The molecule has 0 bridgehead atoms. The van der Waals surface area contributed by atoms with E-state index < -0.39 is 5.41 Å². The van der Waals surface area contributed by atoms with Crippen LogP contribution >= 0.6 is 0 Å². The average Bonchev–Trinajstić information content (AvgIpc) is 3.36. The number of fused-ring (bicyclic) bond motifs is 5. The molecule has 6 rings (SSSR count). The molecule has 2 fully saturated rings. The topological polar surface area (TPSA) is 60.7 Å². The maximum Gasteiger partial charge on any atom is 0.157 e. The molecule has 1 saturated heterocycles. The van der Waals surface area contributed by atoms with Gasteiger partial charge in [0.05, 0.1) is 31.3 Å². The number of aryl methyl sites for hydroxylation is 1. The van der Waals surface area contributed by atoms with Gasteiger partial charge in [-0.05, 0) is 98.1 Å². The third-order valence-corrected chi connectivity index (χ3v) is 10.1. The van der Waals surface area contributed by atoms with Crippen molar-refractivity contribution in [2.45, 2.75) is 90.1 Å². The Morgan fingerprint density at radius 2 is 1.95 bits per heavy atom. The van der Waals surface area contributed by atoms with E-state index in [1.165, 1.54) is 22.3 Å². The van der Waals surface area contributed by atoms with Crippen LogP contribution in [0.4, 0.5) is 0 Å². The minimum absolute atomic E-state index is 0.0674. The predicted octanol–water partition coefficient (Wildman–Crippen LogP) is 7.64. The van der Waals surface area contributed by atoms with Crippen LogP contribution < -0.4 is 4.74 Å². The van der Waals surface area contributed by atoms with Gasteiger partial charge in [-0.15, -0.1) is 0 Å². The van der Waals surface area contributed by atoms with Crippen LogP contribution in [0, 0.1) is 39.9 Å². The molecule has 3 aliphatic carbocycles. The van der Waals surface area contributed by atoms with E-state index in [-0.39, 0.29) is 23.7 Å². The molecule has 0 N–H and O–H groups in total. The lowest BCUT2D eigenvalue weighted by Crippen LogP contribution is -2.49. The molecule has 1 saturated carbocycles. The second-order valence-corrected chi connectivity index (χ2v) is 12.6. The fraction of sp³-hybridized carbons (Fsp3) is 0.541. The lowest BCUT2D eigenvalue weighted by molar-refractivity contribution is -0.209. The predicted molar refractivity (Wildman–Crippen MR) is 163 cm³/mol. The van der Waals surface area contributed by atoms with Gasteiger partial charge in [-0.25, -0.2) is 0 Å². The van der Waals surface area contributed by atoms with Gasteiger partial charge in [-0.2, -0.15) is 5.26 Å². The zero-order valence-electron chi connectivity index (χ0n) is 25.1. The molecule has 2 aromatic carbocycles. The Bertz CT molecular complexity index is 1390. The summed E-state index contributed by atoms with van der Waals surface area (Å²) in [6.07, 6.45) is 9.25. The fourth-order valence-electron chi connectivity index (χ4n) is 8.06. The lowest BCUT2D eigenvalue weighted by Gasteiger charge is -2.52. The number of hydrogen-bond donors (Lipinski definition) is 0. The number of methoxy groups -OCH3 is 1. The van der Waals surface area contributed by atoms with Crippen molar-refractivity contribution in [1.82, 2.24) is 0 Å². The summed E-state index contributed by atoms with van der Waals surface area (Å²) in [5, 5.41) is 11.0. The fourth-order valence-corrected chi connectivity index (χ4v) is 8.06. The van der Waals surface area contributed by atoms with E-state index in [9.17, 15) is 5.26 Å². The molecule has 0 amide bonds. The van der Waals surface area contributed by atoms with Crippen LogP contribution in [0.5, 0.6) is 5.75 Å². The molecular formula is C37H43NO4. The maximum absolute atomic E-state index is 11.0. The number of nitriles is 1. The highest BCUT2D eigenvalue weighted by Crippen LogP contribution is 2.66. The van der Waals surface area contributed by atoms with Crippen LogP contribution in [0.25, 0.3) is 5.57 Å². The number of rotatable bonds is 8. The van der Waals surface area contributed by atoms with Gasteiger partial charge in [-0.1, -0.05) is 55.2 Å². The molecule has 0 radical (unpaired) electrons. The van der Waals surface area contributed by atoms with E-state index in [0.717, 1.165) is 82.1 Å². The zero-order chi connectivity index (χ0) is 29.0. The van der Waals surface area contributed by atoms with Gasteiger partial charge in [0.2, 0.25) is 0 Å². The highest BCUT2D eigenvalue weighted by molar-refractivity contribution is 5.83. The number of hydrogen-bond acceptors (Lipinski definition) is 5. The number of nitrogens with zero attached hydrogens (tertiary/aromatic N) is 1. The van der Waals surface area contributed by atoms with Crippen molar-refractivity contribution in [2.24, 2.45) is 16.7 Å². The first-order chi connectivity index (χ1) is 20.6. The first kappa shape index (κ1) is 29.0. The monoisotopic (exact) mass is 565 g/mol. The number of benzene rings is 2. The summed E-state index contributed by atoms with van der Waals surface area (Å²) in [7, 11) is 1.71. The Labute approximate surface area is 251 Å². The van der Waals surface area contributed by atoms with Gasteiger partial charge < -0.3 is 18.9 Å². The summed E-state index contributed by atoms with van der Waals surface area (Å²) >= 11 is 0. The van der Waals surface area contributed by atoms with Crippen LogP contribution in [-0.4, -0.2) is 32.7 Å². The van der Waals surface area contributed by atoms with Gasteiger partial charge in [0.1, 0.15) is 5.75 Å². The number of ether oxygens (including phenoxy) is 4. The summed E-state index contributed by atoms with van der Waals surface area (Å²) in [5.74, 6) is 8.21. The van der Waals surface area contributed by atoms with Crippen LogP contribution in [0.1, 0.15) is 81.4 Å². The number of allylic oxidation sites excluding steroid dienone is 2. The van der Waals surface area contributed by atoms with E-state index >= 15 is 0 Å². The summed E-state index contributed by atoms with van der Waals surface area (Å²) in [4.78, 5) is 0. The van der Waals surface area contributed by atoms with Gasteiger partial charge in [0.25, 0.3) is 0 Å². The Kier molecular flexibility index (Phi) is 8.73. The van der Waals surface area contributed by atoms with Crippen LogP contribution in [0.2, 0.25) is 0 Å². The molecule has 5 atom stereocenters. The van der Waals surface area contributed by atoms with E-state index in [0.29, 0.717) is 13.2 Å². The van der Waals surface area contributed by atoms with Crippen LogP contribution in [-0.2, 0) is 27.2 Å². The first-order valence-electron chi connectivity index (χ1n) is 15.8. The van der Waals surface area contributed by atoms with Gasteiger partial charge in [0, 0.05) is 30.6 Å². The lowest BCUT2D eigenvalue weighted by atomic mass is 9.50. The Morgan fingerprint density at radius 3 is 2.74 bits per heavy atom. The standard InChI is InChI=1S/C37H43NO4/c1-36-24-29(13-7-4-9-21-40-25-27-11-5-3-6-12-27)35-31-16-15-30(39-2)23-28(31)19-20-37(35,26-38)32(36)17-18-33(36)42-34-14-8-10-22-41-34/h3,5-6,11-12,15-16,23,32-34H,4,8-10,14,17-22,24-25H2,1-2H3/t32-,33+,34?,36+,37-/m1/s1. The van der Waals surface area contributed by atoms with Gasteiger partial charge in [0.15, 0.2) is 6.29 Å². The summed E-state index contributed by atoms with van der Waals surface area (Å²) in [5.41, 5.74) is 5.18. The smallest absolute Gasteiger partial charge is 0.157 e. The molecule has 5 heteroatoms. The van der Waals surface area contributed by atoms with Crippen molar-refractivity contribution in [3.8, 4) is 23.7 Å². The zero-order valence-corrected chi connectivity index (χ0v) is 25.1. The molecule has 1 unspecified atom stereocenters. The quantitative estimate of drug-likeness (QED) is 0.243. The minimum atomic E-state index is -0.567. The van der Waals surface area contributed by atoms with E-state index in [1.807, 2.05) is 24.3 Å². The molecular weight excluding hydrogens is 522 g/mol. The van der Waals surface area contributed by atoms with Crippen LogP contribution in [0.3, 0.4) is 0 Å². The normalized spacial score (nSPS) is 29.9. The van der Waals surface area contributed by atoms with Crippen molar-refractivity contribution < 1.29 is 18.9 Å². The average molecular weight is 566 g/mol. The molecule has 1 heterocycles. The summed E-state index contributed by atoms with van der Waals surface area (Å²) < 4.78 is 24.2. The van der Waals surface area contributed by atoms with Crippen molar-refractivity contribution in [2.75, 3.05) is 20.3 Å². The van der Waals surface area contributed by atoms with E-state index in [4.69, 9.17) is 18.9 Å². The molecule has 4 aliphatic rings. The Balaban J connectivity index is 1.28. The summed E-state index contributed by atoms with van der Waals surface area (Å²) in [6, 6.07) is 19.5. The Hall–Kier alpha value is -3.09. The SMILES string of the molecule is COc1ccc2c(c1)CC[C@]1(C#N)C2=C(C#CCCCOCc2ccccc2)C[C@]2(C)[C@@H](OC3CCCCO3)CC[C@H]21. The third-order valence-electron chi connectivity index (χ3n) is 10.1. The number of unbranched alkanes of at least 4 members (excludes halogenated alkanes) is 1. The maximum atomic E-state index is 11.0. The van der Waals surface area contributed by atoms with Gasteiger partial charge >= 0.3 is 0 Å². The molecule has 220 valence electrons. The van der Waals surface area contributed by atoms with Gasteiger partial charge in [-0.3, -0.25) is 0 Å². The molecule has 42 heavy (non-hydrogen) atoms. The van der Waals surface area contributed by atoms with Crippen molar-refractivity contribution in [3.05, 3.63) is 70.8 Å². The van der Waals surface area contributed by atoms with Crippen molar-refractivity contribution >= 4 is 5.57 Å². The van der Waals surface area contributed by atoms with Crippen molar-refractivity contribution in [3.63, 3.8) is 0 Å². The molecule has 2 aromatic rings. The molecule has 0 aromatic heterocycles. The first-order valence-corrected chi connectivity index (χ1v) is 15.8. The second-order valence-electron chi connectivity index (χ2n) is 12.6. The van der Waals surface area contributed by atoms with E-state index in [2.05, 4.69) is 49.1 Å². The highest BCUT2D eigenvalue weighted by Gasteiger charge is 2.62. The second kappa shape index (κ2) is 12.6. The Morgan fingerprint density at radius 1 is 1.07 bits per heavy atom. The van der Waals surface area contributed by atoms with Crippen LogP contribution in [0.15, 0.2) is 54.1 Å². The molecule has 0 spiro atoms. The van der Waals surface area contributed by atoms with E-state index in [1.54, 1.807) is 7.11 Å². The minimum Gasteiger partial charge on any atom is -0.497 e. The molecule has 1 aliphatic heterocycles. The van der Waals surface area contributed by atoms with Crippen molar-refractivity contribution in [1.29, 1.82) is 5.26 Å². The third kappa shape index (κ3) is 5.51. The highest BCUT2D eigenvalue weighted by atomic mass is 16.7. The summed E-state index contributed by atoms with van der Waals surface area (Å²) in [6.45, 7) is 4.43. The molecule has 5 nitrogen and oxygen atoms in total. The largest absolute Gasteiger partial charge is 0.497 e.